The van der Waals surface area contributed by atoms with Gasteiger partial charge < -0.3 is 9.47 Å². The number of thiazole rings is 1. The van der Waals surface area contributed by atoms with Gasteiger partial charge in [-0.15, -0.1) is 11.3 Å². The van der Waals surface area contributed by atoms with Crippen molar-refractivity contribution in [2.45, 2.75) is 39.0 Å². The number of aryl methyl sites for hydroxylation is 1. The number of fused-ring (bicyclic) bond motifs is 2. The summed E-state index contributed by atoms with van der Waals surface area (Å²) in [5.74, 6) is -1.40. The van der Waals surface area contributed by atoms with Gasteiger partial charge in [0.05, 0.1) is 29.8 Å². The fourth-order valence-electron chi connectivity index (χ4n) is 3.77. The average molecular weight is 454 g/mol. The molecule has 0 bridgehead atoms. The molecule has 8 nitrogen and oxygen atoms in total. The number of hydrogen-bond donors (Lipinski definition) is 1. The van der Waals surface area contributed by atoms with Gasteiger partial charge in [0.25, 0.3) is 5.91 Å². The molecule has 0 radical (unpaired) electrons. The summed E-state index contributed by atoms with van der Waals surface area (Å²) in [6.45, 7) is 1.60. The summed E-state index contributed by atoms with van der Waals surface area (Å²) in [5, 5.41) is 5.34. The van der Waals surface area contributed by atoms with E-state index < -0.39 is 18.5 Å². The molecule has 166 valence electrons. The average Bonchev–Trinajstić information content (AvgIpc) is 3.22. The number of benzene rings is 1. The number of para-hydroxylation sites is 1. The quantitative estimate of drug-likeness (QED) is 0.546. The Hall–Kier alpha value is -3.33. The van der Waals surface area contributed by atoms with E-state index in [1.54, 1.807) is 12.3 Å². The highest BCUT2D eigenvalue weighted by Gasteiger charge is 2.24. The van der Waals surface area contributed by atoms with E-state index in [4.69, 9.17) is 14.5 Å². The van der Waals surface area contributed by atoms with Crippen LogP contribution >= 0.6 is 11.3 Å². The molecule has 1 aliphatic rings. The van der Waals surface area contributed by atoms with Gasteiger partial charge in [0.15, 0.2) is 11.7 Å². The summed E-state index contributed by atoms with van der Waals surface area (Å²) in [7, 11) is 0. The van der Waals surface area contributed by atoms with Crippen LogP contribution in [0.15, 0.2) is 29.6 Å². The highest BCUT2D eigenvalue weighted by molar-refractivity contribution is 7.13. The number of ether oxygens (including phenoxy) is 2. The van der Waals surface area contributed by atoms with Crippen molar-refractivity contribution in [2.75, 3.05) is 18.5 Å². The van der Waals surface area contributed by atoms with Crippen molar-refractivity contribution in [3.63, 3.8) is 0 Å². The minimum Gasteiger partial charge on any atom is -0.466 e. The topological polar surface area (TPSA) is 107 Å². The first-order chi connectivity index (χ1) is 15.5. The van der Waals surface area contributed by atoms with Gasteiger partial charge in [-0.3, -0.25) is 19.9 Å². The van der Waals surface area contributed by atoms with Gasteiger partial charge in [-0.05, 0) is 44.2 Å². The maximum atomic E-state index is 13.0. The van der Waals surface area contributed by atoms with Crippen molar-refractivity contribution in [1.82, 2.24) is 9.97 Å². The first kappa shape index (κ1) is 21.9. The SMILES string of the molecule is CCOC(=O)Cc1csc(NC(=O)COC(=O)c2c3c(nc4ccccc24)CCCC3)n1. The number of esters is 2. The third-order valence-corrected chi connectivity index (χ3v) is 5.94. The summed E-state index contributed by atoms with van der Waals surface area (Å²) in [5.41, 5.74) is 3.62. The number of carbonyl (C=O) groups is 3. The molecule has 0 spiro atoms. The van der Waals surface area contributed by atoms with Crippen LogP contribution in [-0.4, -0.2) is 41.0 Å². The van der Waals surface area contributed by atoms with Gasteiger partial charge in [0, 0.05) is 16.5 Å². The normalized spacial score (nSPS) is 12.8. The van der Waals surface area contributed by atoms with Gasteiger partial charge in [-0.2, -0.15) is 0 Å². The number of amides is 1. The van der Waals surface area contributed by atoms with Crippen molar-refractivity contribution >= 4 is 45.2 Å². The molecule has 1 aliphatic carbocycles. The third-order valence-electron chi connectivity index (χ3n) is 5.14. The van der Waals surface area contributed by atoms with Crippen LogP contribution in [0.4, 0.5) is 5.13 Å². The van der Waals surface area contributed by atoms with Gasteiger partial charge in [0.1, 0.15) is 0 Å². The van der Waals surface area contributed by atoms with E-state index in [1.165, 1.54) is 11.3 Å². The Bertz CT molecular complexity index is 1170. The number of anilines is 1. The Labute approximate surface area is 189 Å². The van der Waals surface area contributed by atoms with Crippen molar-refractivity contribution in [3.05, 3.63) is 52.2 Å². The summed E-state index contributed by atoms with van der Waals surface area (Å²) >= 11 is 1.19. The van der Waals surface area contributed by atoms with Gasteiger partial charge in [-0.1, -0.05) is 18.2 Å². The predicted molar refractivity (Wildman–Crippen MR) is 120 cm³/mol. The Balaban J connectivity index is 1.42. The van der Waals surface area contributed by atoms with Crippen molar-refractivity contribution < 1.29 is 23.9 Å². The van der Waals surface area contributed by atoms with Crippen LogP contribution in [0.5, 0.6) is 0 Å². The standard InChI is InChI=1S/C23H23N3O5S/c1-2-30-20(28)11-14-13-32-23(24-14)26-19(27)12-31-22(29)21-15-7-3-5-9-17(15)25-18-10-6-4-8-16(18)21/h3,5,7,9,13H,2,4,6,8,10-12H2,1H3,(H,24,26,27). The summed E-state index contributed by atoms with van der Waals surface area (Å²) in [4.78, 5) is 45.7. The second kappa shape index (κ2) is 9.86. The minimum absolute atomic E-state index is 0.0371. The number of nitrogens with one attached hydrogen (secondary N) is 1. The van der Waals surface area contributed by atoms with Crippen molar-refractivity contribution in [3.8, 4) is 0 Å². The molecule has 0 saturated heterocycles. The van der Waals surface area contributed by atoms with Gasteiger partial charge in [-0.25, -0.2) is 9.78 Å². The van der Waals surface area contributed by atoms with Crippen LogP contribution < -0.4 is 5.32 Å². The van der Waals surface area contributed by atoms with E-state index in [2.05, 4.69) is 10.3 Å². The Kier molecular flexibility index (Phi) is 6.75. The smallest absolute Gasteiger partial charge is 0.339 e. The molecule has 4 rings (SSSR count). The van der Waals surface area contributed by atoms with E-state index in [0.29, 0.717) is 23.0 Å². The lowest BCUT2D eigenvalue weighted by Crippen LogP contribution is -2.22. The molecule has 2 aromatic heterocycles. The lowest BCUT2D eigenvalue weighted by molar-refractivity contribution is -0.142. The Morgan fingerprint density at radius 2 is 1.91 bits per heavy atom. The number of carbonyl (C=O) groups excluding carboxylic acids is 3. The maximum Gasteiger partial charge on any atom is 0.339 e. The van der Waals surface area contributed by atoms with E-state index in [1.807, 2.05) is 24.3 Å². The molecule has 9 heteroatoms. The molecular weight excluding hydrogens is 430 g/mol. The number of pyridine rings is 1. The zero-order chi connectivity index (χ0) is 22.5. The molecule has 0 atom stereocenters. The molecule has 2 heterocycles. The number of hydrogen-bond acceptors (Lipinski definition) is 8. The zero-order valence-electron chi connectivity index (χ0n) is 17.7. The zero-order valence-corrected chi connectivity index (χ0v) is 18.5. The largest absolute Gasteiger partial charge is 0.466 e. The molecule has 1 aromatic carbocycles. The van der Waals surface area contributed by atoms with Crippen LogP contribution in [0.1, 0.15) is 47.1 Å². The summed E-state index contributed by atoms with van der Waals surface area (Å²) < 4.78 is 10.3. The Morgan fingerprint density at radius 3 is 2.75 bits per heavy atom. The second-order valence-electron chi connectivity index (χ2n) is 7.39. The van der Waals surface area contributed by atoms with E-state index >= 15 is 0 Å². The second-order valence-corrected chi connectivity index (χ2v) is 8.24. The van der Waals surface area contributed by atoms with E-state index in [9.17, 15) is 14.4 Å². The predicted octanol–water partition coefficient (Wildman–Crippen LogP) is 3.47. The van der Waals surface area contributed by atoms with Gasteiger partial charge >= 0.3 is 11.9 Å². The van der Waals surface area contributed by atoms with Gasteiger partial charge in [0.2, 0.25) is 0 Å². The molecule has 1 amide bonds. The molecule has 3 aromatic rings. The molecule has 0 saturated carbocycles. The first-order valence-electron chi connectivity index (χ1n) is 10.5. The fraction of sp³-hybridized carbons (Fsp3) is 0.348. The summed E-state index contributed by atoms with van der Waals surface area (Å²) in [6, 6.07) is 7.48. The summed E-state index contributed by atoms with van der Waals surface area (Å²) in [6.07, 6.45) is 3.67. The van der Waals surface area contributed by atoms with E-state index in [0.717, 1.165) is 47.8 Å². The third kappa shape index (κ3) is 4.94. The first-order valence-corrected chi connectivity index (χ1v) is 11.4. The van der Waals surface area contributed by atoms with Crippen LogP contribution in [-0.2, 0) is 38.3 Å². The van der Waals surface area contributed by atoms with Crippen molar-refractivity contribution in [1.29, 1.82) is 0 Å². The van der Waals surface area contributed by atoms with Crippen LogP contribution in [0.3, 0.4) is 0 Å². The fourth-order valence-corrected chi connectivity index (χ4v) is 4.50. The molecular formula is C23H23N3O5S. The lowest BCUT2D eigenvalue weighted by atomic mass is 9.90. The molecule has 0 fully saturated rings. The molecule has 0 unspecified atom stereocenters. The van der Waals surface area contributed by atoms with E-state index in [-0.39, 0.29) is 12.4 Å². The molecule has 1 N–H and O–H groups in total. The minimum atomic E-state index is -0.529. The monoisotopic (exact) mass is 453 g/mol. The lowest BCUT2D eigenvalue weighted by Gasteiger charge is -2.19. The van der Waals surface area contributed by atoms with Crippen LogP contribution in [0.2, 0.25) is 0 Å². The van der Waals surface area contributed by atoms with Crippen molar-refractivity contribution in [2.24, 2.45) is 0 Å². The number of aromatic nitrogens is 2. The number of nitrogens with zero attached hydrogens (tertiary/aromatic N) is 2. The molecule has 0 aliphatic heterocycles. The maximum absolute atomic E-state index is 13.0. The highest BCUT2D eigenvalue weighted by Crippen LogP contribution is 2.29. The number of rotatable bonds is 7. The highest BCUT2D eigenvalue weighted by atomic mass is 32.1. The Morgan fingerprint density at radius 1 is 1.09 bits per heavy atom. The molecule has 32 heavy (non-hydrogen) atoms. The van der Waals surface area contributed by atoms with Crippen LogP contribution in [0, 0.1) is 0 Å². The van der Waals surface area contributed by atoms with Crippen LogP contribution in [0.25, 0.3) is 10.9 Å².